The van der Waals surface area contributed by atoms with Crippen LogP contribution in [0.3, 0.4) is 0 Å². The minimum atomic E-state index is -0.970. The molecule has 1 heterocycles. The van der Waals surface area contributed by atoms with Crippen molar-refractivity contribution in [3.8, 4) is 5.75 Å². The largest absolute Gasteiger partial charge is 0.484 e. The molecular formula is C31H24Cl2N2O4. The summed E-state index contributed by atoms with van der Waals surface area (Å²) >= 11 is 12.1. The smallest absolute Gasteiger partial charge is 0.336 e. The second-order valence-corrected chi connectivity index (χ2v) is 9.89. The number of aromatic nitrogens is 1. The van der Waals surface area contributed by atoms with Crippen LogP contribution >= 0.6 is 23.2 Å². The molecular weight excluding hydrogens is 535 g/mol. The highest BCUT2D eigenvalue weighted by molar-refractivity contribution is 6.36. The third-order valence-electron chi connectivity index (χ3n) is 6.34. The summed E-state index contributed by atoms with van der Waals surface area (Å²) < 4.78 is 7.84. The minimum absolute atomic E-state index is 0.218. The Morgan fingerprint density at radius 3 is 2.41 bits per heavy atom. The molecule has 6 nitrogen and oxygen atoms in total. The number of hydrogen-bond acceptors (Lipinski definition) is 3. The maximum atomic E-state index is 12.5. The van der Waals surface area contributed by atoms with Gasteiger partial charge >= 0.3 is 5.97 Å². The van der Waals surface area contributed by atoms with Gasteiger partial charge in [0, 0.05) is 29.2 Å². The molecule has 0 radical (unpaired) electrons. The van der Waals surface area contributed by atoms with E-state index in [1.807, 2.05) is 53.1 Å². The lowest BCUT2D eigenvalue weighted by molar-refractivity contribution is -0.118. The number of benzene rings is 4. The maximum Gasteiger partial charge on any atom is 0.336 e. The molecule has 0 spiro atoms. The summed E-state index contributed by atoms with van der Waals surface area (Å²) in [4.78, 5) is 24.3. The second-order valence-electron chi connectivity index (χ2n) is 9.05. The van der Waals surface area contributed by atoms with Gasteiger partial charge in [-0.15, -0.1) is 0 Å². The predicted molar refractivity (Wildman–Crippen MR) is 154 cm³/mol. The number of halogens is 2. The average Bonchev–Trinajstić information content (AvgIpc) is 3.26. The van der Waals surface area contributed by atoms with Gasteiger partial charge in [0.25, 0.3) is 5.91 Å². The Hall–Kier alpha value is -4.26. The third-order valence-corrected chi connectivity index (χ3v) is 6.89. The summed E-state index contributed by atoms with van der Waals surface area (Å²) in [5.41, 5.74) is 4.54. The number of ether oxygens (including phenoxy) is 1. The van der Waals surface area contributed by atoms with Crippen LogP contribution < -0.4 is 10.1 Å². The number of nitrogens with zero attached hydrogens (tertiary/aromatic N) is 1. The molecule has 1 aromatic heterocycles. The number of fused-ring (bicyclic) bond motifs is 1. The molecule has 196 valence electrons. The zero-order chi connectivity index (χ0) is 27.4. The SMILES string of the molecule is O=C(COc1ccc2c(Cc3ccccc3)cn(Cc3ccccc3C(=O)O)c2c1)Nc1ccc(Cl)cc1Cl. The number of amides is 1. The number of aromatic carboxylic acids is 1. The number of nitrogens with one attached hydrogen (secondary N) is 1. The summed E-state index contributed by atoms with van der Waals surface area (Å²) in [6.45, 7) is 0.149. The van der Waals surface area contributed by atoms with Gasteiger partial charge < -0.3 is 19.7 Å². The number of carboxylic acids is 1. The standard InChI is InChI=1S/C31H24Cl2N2O4/c32-23-10-13-28(27(33)15-23)34-30(36)19-39-24-11-12-25-22(14-20-6-2-1-3-7-20)18-35(29(25)16-24)17-21-8-4-5-9-26(21)31(37)38/h1-13,15-16,18H,14,17,19H2,(H,34,36)(H,37,38). The van der Waals surface area contributed by atoms with Crippen molar-refractivity contribution in [1.82, 2.24) is 4.57 Å². The first-order chi connectivity index (χ1) is 18.9. The van der Waals surface area contributed by atoms with E-state index in [1.54, 1.807) is 30.3 Å². The van der Waals surface area contributed by atoms with Gasteiger partial charge in [-0.25, -0.2) is 4.79 Å². The van der Waals surface area contributed by atoms with E-state index < -0.39 is 5.97 Å². The van der Waals surface area contributed by atoms with Crippen LogP contribution in [0.5, 0.6) is 5.75 Å². The normalized spacial score (nSPS) is 10.9. The molecule has 4 aromatic carbocycles. The molecule has 1 amide bonds. The zero-order valence-electron chi connectivity index (χ0n) is 20.7. The quantitative estimate of drug-likeness (QED) is 0.199. The first-order valence-corrected chi connectivity index (χ1v) is 13.0. The van der Waals surface area contributed by atoms with Gasteiger partial charge in [0.1, 0.15) is 5.75 Å². The fourth-order valence-corrected chi connectivity index (χ4v) is 4.96. The first-order valence-electron chi connectivity index (χ1n) is 12.2. The number of carbonyl (C=O) groups is 2. The van der Waals surface area contributed by atoms with E-state index in [9.17, 15) is 14.7 Å². The highest BCUT2D eigenvalue weighted by Gasteiger charge is 2.15. The van der Waals surface area contributed by atoms with Crippen molar-refractivity contribution >= 4 is 51.7 Å². The van der Waals surface area contributed by atoms with Crippen molar-refractivity contribution < 1.29 is 19.4 Å². The Morgan fingerprint density at radius 2 is 1.64 bits per heavy atom. The molecule has 8 heteroatoms. The molecule has 0 atom stereocenters. The molecule has 0 aliphatic heterocycles. The minimum Gasteiger partial charge on any atom is -0.484 e. The van der Waals surface area contributed by atoms with Crippen molar-refractivity contribution in [1.29, 1.82) is 0 Å². The summed E-state index contributed by atoms with van der Waals surface area (Å²) in [6, 6.07) is 27.6. The van der Waals surface area contributed by atoms with Crippen LogP contribution in [0.2, 0.25) is 10.0 Å². The van der Waals surface area contributed by atoms with Gasteiger partial charge in [0.2, 0.25) is 0 Å². The lowest BCUT2D eigenvalue weighted by Gasteiger charge is -2.11. The van der Waals surface area contributed by atoms with Crippen LogP contribution in [0, 0.1) is 0 Å². The first kappa shape index (κ1) is 26.4. The summed E-state index contributed by atoms with van der Waals surface area (Å²) in [7, 11) is 0. The number of anilines is 1. The molecule has 0 unspecified atom stereocenters. The monoisotopic (exact) mass is 558 g/mol. The highest BCUT2D eigenvalue weighted by Crippen LogP contribution is 2.29. The molecule has 0 aliphatic carbocycles. The fraction of sp³-hybridized carbons (Fsp3) is 0.0968. The molecule has 0 fully saturated rings. The highest BCUT2D eigenvalue weighted by atomic mass is 35.5. The summed E-state index contributed by atoms with van der Waals surface area (Å²) in [5.74, 6) is -0.825. The molecule has 5 aromatic rings. The predicted octanol–water partition coefficient (Wildman–Crippen LogP) is 7.30. The van der Waals surface area contributed by atoms with E-state index in [2.05, 4.69) is 23.6 Å². The van der Waals surface area contributed by atoms with Crippen molar-refractivity contribution in [2.75, 3.05) is 11.9 Å². The van der Waals surface area contributed by atoms with Crippen molar-refractivity contribution in [3.63, 3.8) is 0 Å². The van der Waals surface area contributed by atoms with Crippen molar-refractivity contribution in [2.24, 2.45) is 0 Å². The van der Waals surface area contributed by atoms with Gasteiger partial charge in [0.05, 0.1) is 21.8 Å². The van der Waals surface area contributed by atoms with Crippen LogP contribution in [0.25, 0.3) is 10.9 Å². The Balaban J connectivity index is 1.42. The zero-order valence-corrected chi connectivity index (χ0v) is 22.2. The van der Waals surface area contributed by atoms with Crippen LogP contribution in [-0.4, -0.2) is 28.2 Å². The molecule has 0 saturated carbocycles. The van der Waals surface area contributed by atoms with E-state index >= 15 is 0 Å². The number of carbonyl (C=O) groups excluding carboxylic acids is 1. The Kier molecular flexibility index (Phi) is 7.87. The van der Waals surface area contributed by atoms with Gasteiger partial charge in [-0.2, -0.15) is 0 Å². The van der Waals surface area contributed by atoms with Crippen LogP contribution in [0.1, 0.15) is 27.0 Å². The number of hydrogen-bond donors (Lipinski definition) is 2. The number of rotatable bonds is 9. The van der Waals surface area contributed by atoms with Crippen LogP contribution in [-0.2, 0) is 17.8 Å². The maximum absolute atomic E-state index is 12.5. The molecule has 39 heavy (non-hydrogen) atoms. The molecule has 2 N–H and O–H groups in total. The number of carboxylic acid groups (broad SMARTS) is 1. The molecule has 5 rings (SSSR count). The average molecular weight is 559 g/mol. The lowest BCUT2D eigenvalue weighted by atomic mass is 10.0. The fourth-order valence-electron chi connectivity index (χ4n) is 4.50. The summed E-state index contributed by atoms with van der Waals surface area (Å²) in [6.07, 6.45) is 2.77. The third kappa shape index (κ3) is 6.25. The van der Waals surface area contributed by atoms with Gasteiger partial charge in [0.15, 0.2) is 6.61 Å². The second kappa shape index (κ2) is 11.6. The van der Waals surface area contributed by atoms with E-state index in [4.69, 9.17) is 27.9 Å². The molecule has 0 bridgehead atoms. The Morgan fingerprint density at radius 1 is 0.872 bits per heavy atom. The van der Waals surface area contributed by atoms with Gasteiger partial charge in [-0.3, -0.25) is 4.79 Å². The lowest BCUT2D eigenvalue weighted by Crippen LogP contribution is -2.20. The van der Waals surface area contributed by atoms with Crippen LogP contribution in [0.15, 0.2) is 97.2 Å². The van der Waals surface area contributed by atoms with E-state index in [1.165, 1.54) is 5.56 Å². The molecule has 0 aliphatic rings. The van der Waals surface area contributed by atoms with E-state index in [-0.39, 0.29) is 18.1 Å². The van der Waals surface area contributed by atoms with Crippen molar-refractivity contribution in [2.45, 2.75) is 13.0 Å². The van der Waals surface area contributed by atoms with Gasteiger partial charge in [-0.05, 0) is 59.5 Å². The Labute approximate surface area is 235 Å². The summed E-state index contributed by atoms with van der Waals surface area (Å²) in [5, 5.41) is 14.2. The molecule has 0 saturated heterocycles. The van der Waals surface area contributed by atoms with Crippen molar-refractivity contribution in [3.05, 3.63) is 129 Å². The Bertz CT molecular complexity index is 1660. The topological polar surface area (TPSA) is 80.6 Å². The van der Waals surface area contributed by atoms with Crippen LogP contribution in [0.4, 0.5) is 5.69 Å². The van der Waals surface area contributed by atoms with Gasteiger partial charge in [-0.1, -0.05) is 71.7 Å². The van der Waals surface area contributed by atoms with E-state index in [0.717, 1.165) is 22.9 Å². The van der Waals surface area contributed by atoms with E-state index in [0.29, 0.717) is 33.6 Å².